The Bertz CT molecular complexity index is 1310. The third-order valence-electron chi connectivity index (χ3n) is 6.04. The summed E-state index contributed by atoms with van der Waals surface area (Å²) < 4.78 is 61.8. The number of hydrogen-bond acceptors (Lipinski definition) is 6. The smallest absolute Gasteiger partial charge is 0.295 e. The number of aliphatic hydroxyl groups is 1. The number of aromatic nitrogens is 2. The van der Waals surface area contributed by atoms with Gasteiger partial charge in [-0.05, 0) is 61.2 Å². The molecule has 0 atom stereocenters. The molecule has 0 saturated carbocycles. The Hall–Kier alpha value is -3.09. The summed E-state index contributed by atoms with van der Waals surface area (Å²) in [4.78, 5) is 15.4. The third kappa shape index (κ3) is 5.29. The lowest BCUT2D eigenvalue weighted by atomic mass is 10.0. The van der Waals surface area contributed by atoms with Gasteiger partial charge in [0.2, 0.25) is 5.91 Å². The van der Waals surface area contributed by atoms with Crippen molar-refractivity contribution in [1.82, 2.24) is 9.55 Å². The zero-order valence-corrected chi connectivity index (χ0v) is 19.8. The molecule has 35 heavy (non-hydrogen) atoms. The van der Waals surface area contributed by atoms with E-state index in [1.807, 2.05) is 0 Å². The highest BCUT2D eigenvalue weighted by atomic mass is 32.2. The van der Waals surface area contributed by atoms with E-state index >= 15 is 0 Å². The van der Waals surface area contributed by atoms with Crippen molar-refractivity contribution in [2.45, 2.75) is 30.7 Å². The average Bonchev–Trinajstić information content (AvgIpc) is 3.22. The van der Waals surface area contributed by atoms with Crippen molar-refractivity contribution in [3.8, 4) is 0 Å². The number of anilines is 2. The zero-order valence-electron chi connectivity index (χ0n) is 19.0. The number of amides is 1. The lowest BCUT2D eigenvalue weighted by Crippen LogP contribution is -2.26. The van der Waals surface area contributed by atoms with Crippen molar-refractivity contribution < 1.29 is 31.8 Å². The molecule has 1 saturated heterocycles. The van der Waals surface area contributed by atoms with E-state index in [-0.39, 0.29) is 27.8 Å². The molecule has 4 rings (SSSR count). The van der Waals surface area contributed by atoms with E-state index < -0.39 is 29.0 Å². The molecule has 1 fully saturated rings. The average molecular weight is 509 g/mol. The van der Waals surface area contributed by atoms with Crippen LogP contribution in [0, 0.1) is 5.92 Å². The molecule has 1 aliphatic rings. The Morgan fingerprint density at radius 1 is 1.23 bits per heavy atom. The highest BCUT2D eigenvalue weighted by molar-refractivity contribution is 7.92. The molecular weight excluding hydrogens is 482 g/mol. The highest BCUT2D eigenvalue weighted by Gasteiger charge is 2.25. The lowest BCUT2D eigenvalue weighted by Gasteiger charge is -2.23. The molecule has 0 spiro atoms. The number of ether oxygens (including phenoxy) is 1. The normalized spacial score (nSPS) is 15.0. The summed E-state index contributed by atoms with van der Waals surface area (Å²) in [7, 11) is -2.61. The van der Waals surface area contributed by atoms with Crippen molar-refractivity contribution in [2.75, 3.05) is 36.5 Å². The van der Waals surface area contributed by atoms with Gasteiger partial charge in [-0.25, -0.2) is 22.2 Å². The van der Waals surface area contributed by atoms with Crippen LogP contribution in [0.25, 0.3) is 11.0 Å². The van der Waals surface area contributed by atoms with Gasteiger partial charge in [0.25, 0.3) is 16.4 Å². The summed E-state index contributed by atoms with van der Waals surface area (Å²) in [5.74, 6) is -0.758. The van der Waals surface area contributed by atoms with Gasteiger partial charge < -0.3 is 19.7 Å². The van der Waals surface area contributed by atoms with Gasteiger partial charge >= 0.3 is 0 Å². The van der Waals surface area contributed by atoms with E-state index in [0.717, 1.165) is 17.1 Å². The Kier molecular flexibility index (Phi) is 7.33. The second kappa shape index (κ2) is 10.3. The van der Waals surface area contributed by atoms with Crippen LogP contribution in [0.4, 0.5) is 20.2 Å². The maximum atomic E-state index is 13.8. The molecule has 0 bridgehead atoms. The maximum absolute atomic E-state index is 13.8. The van der Waals surface area contributed by atoms with Crippen molar-refractivity contribution in [3.05, 3.63) is 48.3 Å². The summed E-state index contributed by atoms with van der Waals surface area (Å²) in [6.07, 6.45) is -1.20. The number of imidazole rings is 1. The molecule has 3 aromatic rings. The number of carbonyl (C=O) groups excluding carboxylic acids is 1. The van der Waals surface area contributed by atoms with Gasteiger partial charge in [-0.3, -0.25) is 9.10 Å². The number of halogens is 2. The number of hydrogen-bond donors (Lipinski definition) is 2. The standard InChI is InChI=1S/C23H26F2N4O5S/c1-28(35(32,33)18-5-2-16(3-6-18)26-21(31)14-30)17-4-7-20-19(12-17)27-23(22(24)25)29(20)13-15-8-10-34-11-9-15/h2-7,12,15,22,30H,8-11,13-14H2,1H3,(H,26,31). The highest BCUT2D eigenvalue weighted by Crippen LogP contribution is 2.31. The maximum Gasteiger partial charge on any atom is 0.295 e. The minimum atomic E-state index is -3.98. The molecule has 2 heterocycles. The first-order chi connectivity index (χ1) is 16.7. The summed E-state index contributed by atoms with van der Waals surface area (Å²) in [5, 5.41) is 11.2. The number of nitrogens with zero attached hydrogens (tertiary/aromatic N) is 3. The number of benzene rings is 2. The summed E-state index contributed by atoms with van der Waals surface area (Å²) >= 11 is 0. The summed E-state index contributed by atoms with van der Waals surface area (Å²) in [6.45, 7) is 0.904. The van der Waals surface area contributed by atoms with Gasteiger partial charge in [0.1, 0.15) is 6.61 Å². The SMILES string of the molecule is CN(c1ccc2c(c1)nc(C(F)F)n2CC1CCOCC1)S(=O)(=O)c1ccc(NC(=O)CO)cc1. The predicted octanol–water partition coefficient (Wildman–Crippen LogP) is 3.16. The van der Waals surface area contributed by atoms with E-state index in [0.29, 0.717) is 31.0 Å². The van der Waals surface area contributed by atoms with Crippen LogP contribution in [0.15, 0.2) is 47.4 Å². The Morgan fingerprint density at radius 2 is 1.91 bits per heavy atom. The second-order valence-electron chi connectivity index (χ2n) is 8.31. The molecule has 0 aliphatic carbocycles. The Morgan fingerprint density at radius 3 is 2.54 bits per heavy atom. The molecule has 9 nitrogen and oxygen atoms in total. The van der Waals surface area contributed by atoms with Crippen LogP contribution in [0.5, 0.6) is 0 Å². The number of nitrogens with one attached hydrogen (secondary N) is 1. The molecule has 12 heteroatoms. The van der Waals surface area contributed by atoms with Crippen LogP contribution >= 0.6 is 0 Å². The quantitative estimate of drug-likeness (QED) is 0.483. The van der Waals surface area contributed by atoms with E-state index in [1.54, 1.807) is 12.1 Å². The van der Waals surface area contributed by atoms with Crippen LogP contribution in [-0.4, -0.2) is 55.9 Å². The molecule has 188 valence electrons. The molecule has 2 aromatic carbocycles. The minimum Gasteiger partial charge on any atom is -0.387 e. The third-order valence-corrected chi connectivity index (χ3v) is 7.84. The van der Waals surface area contributed by atoms with Gasteiger partial charge in [0.05, 0.1) is 21.6 Å². The fourth-order valence-corrected chi connectivity index (χ4v) is 5.27. The molecule has 2 N–H and O–H groups in total. The first-order valence-corrected chi connectivity index (χ1v) is 12.5. The van der Waals surface area contributed by atoms with Gasteiger partial charge in [0.15, 0.2) is 5.82 Å². The number of rotatable bonds is 8. The van der Waals surface area contributed by atoms with E-state index in [2.05, 4.69) is 10.3 Å². The Labute approximate surface area is 201 Å². The van der Waals surface area contributed by atoms with Crippen molar-refractivity contribution in [2.24, 2.45) is 5.92 Å². The fraction of sp³-hybridized carbons (Fsp3) is 0.391. The number of fused-ring (bicyclic) bond motifs is 1. The fourth-order valence-electron chi connectivity index (χ4n) is 4.09. The molecule has 1 amide bonds. The predicted molar refractivity (Wildman–Crippen MR) is 126 cm³/mol. The molecule has 1 aromatic heterocycles. The second-order valence-corrected chi connectivity index (χ2v) is 10.3. The van der Waals surface area contributed by atoms with Gasteiger partial charge in [-0.15, -0.1) is 0 Å². The number of sulfonamides is 1. The largest absolute Gasteiger partial charge is 0.387 e. The molecule has 0 radical (unpaired) electrons. The van der Waals surface area contributed by atoms with Gasteiger partial charge in [-0.1, -0.05) is 0 Å². The zero-order chi connectivity index (χ0) is 25.2. The van der Waals surface area contributed by atoms with E-state index in [1.165, 1.54) is 41.9 Å². The topological polar surface area (TPSA) is 114 Å². The first-order valence-electron chi connectivity index (χ1n) is 11.1. The van der Waals surface area contributed by atoms with Crippen molar-refractivity contribution in [1.29, 1.82) is 0 Å². The van der Waals surface area contributed by atoms with Crippen LogP contribution in [-0.2, 0) is 26.1 Å². The first kappa shape index (κ1) is 25.0. The van der Waals surface area contributed by atoms with Crippen LogP contribution in [0.2, 0.25) is 0 Å². The summed E-state index contributed by atoms with van der Waals surface area (Å²) in [5.41, 5.74) is 1.41. The lowest BCUT2D eigenvalue weighted by molar-refractivity contribution is -0.118. The Balaban J connectivity index is 1.62. The van der Waals surface area contributed by atoms with Crippen LogP contribution < -0.4 is 9.62 Å². The van der Waals surface area contributed by atoms with Crippen molar-refractivity contribution >= 4 is 38.3 Å². The van der Waals surface area contributed by atoms with E-state index in [4.69, 9.17) is 9.84 Å². The molecule has 0 unspecified atom stereocenters. The monoisotopic (exact) mass is 508 g/mol. The van der Waals surface area contributed by atoms with E-state index in [9.17, 15) is 22.0 Å². The number of carbonyl (C=O) groups is 1. The van der Waals surface area contributed by atoms with Crippen LogP contribution in [0.3, 0.4) is 0 Å². The van der Waals surface area contributed by atoms with Crippen molar-refractivity contribution in [3.63, 3.8) is 0 Å². The van der Waals surface area contributed by atoms with Gasteiger partial charge in [0, 0.05) is 32.5 Å². The number of aliphatic hydroxyl groups excluding tert-OH is 1. The number of alkyl halides is 2. The van der Waals surface area contributed by atoms with Crippen LogP contribution in [0.1, 0.15) is 25.1 Å². The molecular formula is C23H26F2N4O5S. The van der Waals surface area contributed by atoms with Gasteiger partial charge in [-0.2, -0.15) is 0 Å². The summed E-state index contributed by atoms with van der Waals surface area (Å²) in [6, 6.07) is 10.1. The minimum absolute atomic E-state index is 0.0274. The molecule has 1 aliphatic heterocycles.